The van der Waals surface area contributed by atoms with Gasteiger partial charge in [-0.05, 0) is 24.3 Å². The van der Waals surface area contributed by atoms with Crippen molar-refractivity contribution in [2.24, 2.45) is 5.92 Å². The molecule has 124 valence electrons. The van der Waals surface area contributed by atoms with E-state index in [1.165, 1.54) is 5.56 Å². The lowest BCUT2D eigenvalue weighted by Crippen LogP contribution is -2.52. The first kappa shape index (κ1) is 15.1. The molecule has 4 rings (SSSR count). The van der Waals surface area contributed by atoms with E-state index in [4.69, 9.17) is 0 Å². The average Bonchev–Trinajstić information content (AvgIpc) is 2.62. The van der Waals surface area contributed by atoms with Gasteiger partial charge in [0, 0.05) is 44.5 Å². The van der Waals surface area contributed by atoms with Crippen molar-refractivity contribution in [1.29, 1.82) is 0 Å². The number of carbonyl (C=O) groups excluding carboxylic acids is 1. The van der Waals surface area contributed by atoms with Crippen molar-refractivity contribution in [3.05, 3.63) is 54.5 Å². The maximum Gasteiger partial charge on any atom is 0.225 e. The summed E-state index contributed by atoms with van der Waals surface area (Å²) in [5, 5.41) is 0. The van der Waals surface area contributed by atoms with Crippen molar-refractivity contribution in [2.75, 3.05) is 31.1 Å². The van der Waals surface area contributed by atoms with Gasteiger partial charge in [0.05, 0.1) is 6.20 Å². The molecule has 1 aromatic carbocycles. The highest BCUT2D eigenvalue weighted by molar-refractivity contribution is 5.80. The Bertz CT molecular complexity index is 677. The fourth-order valence-corrected chi connectivity index (χ4v) is 3.69. The second-order valence-corrected chi connectivity index (χ2v) is 6.65. The van der Waals surface area contributed by atoms with E-state index in [1.807, 2.05) is 11.0 Å². The van der Waals surface area contributed by atoms with Crippen molar-refractivity contribution in [3.8, 4) is 0 Å². The van der Waals surface area contributed by atoms with E-state index in [2.05, 4.69) is 39.1 Å². The van der Waals surface area contributed by atoms with Crippen molar-refractivity contribution in [3.63, 3.8) is 0 Å². The van der Waals surface area contributed by atoms with Crippen LogP contribution in [0.2, 0.25) is 0 Å². The van der Waals surface area contributed by atoms with Crippen LogP contribution in [0.3, 0.4) is 0 Å². The number of hydrogen-bond donors (Lipinski definition) is 0. The standard InChI is InChI=1S/C19H22N4O/c24-19(17-12-16(13-17)15-4-2-1-3-5-15)23-10-8-22(9-11-23)18-14-20-6-7-21-18/h1-7,14,16-17H,8-13H2. The van der Waals surface area contributed by atoms with Gasteiger partial charge in [-0.1, -0.05) is 30.3 Å². The summed E-state index contributed by atoms with van der Waals surface area (Å²) in [6.45, 7) is 3.22. The molecule has 2 heterocycles. The van der Waals surface area contributed by atoms with Crippen LogP contribution in [-0.2, 0) is 4.79 Å². The Balaban J connectivity index is 1.28. The van der Waals surface area contributed by atoms with Gasteiger partial charge in [0.15, 0.2) is 0 Å². The maximum absolute atomic E-state index is 12.7. The van der Waals surface area contributed by atoms with Crippen LogP contribution in [0, 0.1) is 5.92 Å². The lowest BCUT2D eigenvalue weighted by atomic mass is 9.71. The molecule has 24 heavy (non-hydrogen) atoms. The number of rotatable bonds is 3. The second-order valence-electron chi connectivity index (χ2n) is 6.65. The molecule has 1 saturated heterocycles. The SMILES string of the molecule is O=C(C1CC(c2ccccc2)C1)N1CCN(c2cnccn2)CC1. The Morgan fingerprint density at radius 1 is 1.00 bits per heavy atom. The Labute approximate surface area is 142 Å². The zero-order valence-corrected chi connectivity index (χ0v) is 13.7. The number of aromatic nitrogens is 2. The van der Waals surface area contributed by atoms with Gasteiger partial charge in [-0.2, -0.15) is 0 Å². The van der Waals surface area contributed by atoms with Crippen molar-refractivity contribution in [2.45, 2.75) is 18.8 Å². The minimum absolute atomic E-state index is 0.207. The van der Waals surface area contributed by atoms with Gasteiger partial charge in [-0.15, -0.1) is 0 Å². The minimum atomic E-state index is 0.207. The van der Waals surface area contributed by atoms with Gasteiger partial charge < -0.3 is 9.80 Å². The topological polar surface area (TPSA) is 49.3 Å². The summed E-state index contributed by atoms with van der Waals surface area (Å²) in [4.78, 5) is 25.4. The average molecular weight is 322 g/mol. The highest BCUT2D eigenvalue weighted by Crippen LogP contribution is 2.42. The van der Waals surface area contributed by atoms with Gasteiger partial charge in [-0.25, -0.2) is 4.98 Å². The van der Waals surface area contributed by atoms with E-state index in [1.54, 1.807) is 18.6 Å². The number of anilines is 1. The number of benzene rings is 1. The van der Waals surface area contributed by atoms with Gasteiger partial charge in [0.1, 0.15) is 5.82 Å². The minimum Gasteiger partial charge on any atom is -0.352 e. The normalized spacial score (nSPS) is 23.7. The molecule has 0 bridgehead atoms. The molecule has 1 saturated carbocycles. The first-order chi connectivity index (χ1) is 11.8. The largest absolute Gasteiger partial charge is 0.352 e. The molecule has 2 aliphatic rings. The first-order valence-corrected chi connectivity index (χ1v) is 8.66. The smallest absolute Gasteiger partial charge is 0.225 e. The molecule has 1 amide bonds. The molecule has 5 nitrogen and oxygen atoms in total. The van der Waals surface area contributed by atoms with E-state index in [0.29, 0.717) is 11.8 Å². The van der Waals surface area contributed by atoms with Crippen LogP contribution in [0.4, 0.5) is 5.82 Å². The van der Waals surface area contributed by atoms with E-state index < -0.39 is 0 Å². The Hall–Kier alpha value is -2.43. The first-order valence-electron chi connectivity index (χ1n) is 8.66. The van der Waals surface area contributed by atoms with Crippen LogP contribution in [0.5, 0.6) is 0 Å². The predicted octanol–water partition coefficient (Wildman–Crippen LogP) is 2.32. The summed E-state index contributed by atoms with van der Waals surface area (Å²) in [5.41, 5.74) is 1.37. The molecule has 0 radical (unpaired) electrons. The van der Waals surface area contributed by atoms with Gasteiger partial charge in [0.25, 0.3) is 0 Å². The zero-order chi connectivity index (χ0) is 16.4. The second kappa shape index (κ2) is 6.59. The van der Waals surface area contributed by atoms with Crippen LogP contribution in [0.15, 0.2) is 48.9 Å². The van der Waals surface area contributed by atoms with Crippen LogP contribution in [0.1, 0.15) is 24.3 Å². The summed E-state index contributed by atoms with van der Waals surface area (Å²) >= 11 is 0. The lowest BCUT2D eigenvalue weighted by molar-refractivity contribution is -0.139. The Kier molecular flexibility index (Phi) is 4.15. The van der Waals surface area contributed by atoms with Crippen LogP contribution in [-0.4, -0.2) is 47.0 Å². The predicted molar refractivity (Wildman–Crippen MR) is 92.7 cm³/mol. The fraction of sp³-hybridized carbons (Fsp3) is 0.421. The molecule has 1 aliphatic heterocycles. The number of piperazine rings is 1. The molecule has 2 fully saturated rings. The zero-order valence-electron chi connectivity index (χ0n) is 13.7. The quantitative estimate of drug-likeness (QED) is 0.870. The van der Waals surface area contributed by atoms with Crippen molar-refractivity contribution >= 4 is 11.7 Å². The fourth-order valence-electron chi connectivity index (χ4n) is 3.69. The number of nitrogens with zero attached hydrogens (tertiary/aromatic N) is 4. The molecule has 0 N–H and O–H groups in total. The molecular weight excluding hydrogens is 300 g/mol. The van der Waals surface area contributed by atoms with E-state index in [-0.39, 0.29) is 5.92 Å². The number of carbonyl (C=O) groups is 1. The van der Waals surface area contributed by atoms with Gasteiger partial charge >= 0.3 is 0 Å². The van der Waals surface area contributed by atoms with E-state index in [9.17, 15) is 4.79 Å². The summed E-state index contributed by atoms with van der Waals surface area (Å²) in [5.74, 6) is 2.00. The summed E-state index contributed by atoms with van der Waals surface area (Å²) in [6, 6.07) is 10.5. The summed E-state index contributed by atoms with van der Waals surface area (Å²) < 4.78 is 0. The van der Waals surface area contributed by atoms with E-state index in [0.717, 1.165) is 44.8 Å². The van der Waals surface area contributed by atoms with Crippen LogP contribution >= 0.6 is 0 Å². The molecule has 1 aliphatic carbocycles. The van der Waals surface area contributed by atoms with Crippen molar-refractivity contribution < 1.29 is 4.79 Å². The Morgan fingerprint density at radius 2 is 1.75 bits per heavy atom. The molecule has 0 spiro atoms. The van der Waals surface area contributed by atoms with E-state index >= 15 is 0 Å². The van der Waals surface area contributed by atoms with Crippen LogP contribution < -0.4 is 4.90 Å². The Morgan fingerprint density at radius 3 is 2.42 bits per heavy atom. The molecule has 5 heteroatoms. The maximum atomic E-state index is 12.7. The molecule has 2 aromatic rings. The third-order valence-electron chi connectivity index (χ3n) is 5.22. The summed E-state index contributed by atoms with van der Waals surface area (Å²) in [6.07, 6.45) is 7.17. The molecule has 0 atom stereocenters. The lowest BCUT2D eigenvalue weighted by Gasteiger charge is -2.41. The monoisotopic (exact) mass is 322 g/mol. The van der Waals surface area contributed by atoms with Crippen LogP contribution in [0.25, 0.3) is 0 Å². The number of hydrogen-bond acceptors (Lipinski definition) is 4. The highest BCUT2D eigenvalue weighted by Gasteiger charge is 2.38. The third-order valence-corrected chi connectivity index (χ3v) is 5.22. The molecule has 1 aromatic heterocycles. The van der Waals surface area contributed by atoms with Gasteiger partial charge in [0.2, 0.25) is 5.91 Å². The van der Waals surface area contributed by atoms with Crippen molar-refractivity contribution in [1.82, 2.24) is 14.9 Å². The third kappa shape index (κ3) is 2.98. The summed E-state index contributed by atoms with van der Waals surface area (Å²) in [7, 11) is 0. The highest BCUT2D eigenvalue weighted by atomic mass is 16.2. The number of amides is 1. The molecule has 0 unspecified atom stereocenters. The van der Waals surface area contributed by atoms with Gasteiger partial charge in [-0.3, -0.25) is 9.78 Å². The molecular formula is C19H22N4O.